The quantitative estimate of drug-likeness (QED) is 0.863. The summed E-state index contributed by atoms with van der Waals surface area (Å²) >= 11 is 0.370. The molecule has 0 spiro atoms. The van der Waals surface area contributed by atoms with Crippen molar-refractivity contribution in [1.29, 1.82) is 0 Å². The lowest BCUT2D eigenvalue weighted by molar-refractivity contribution is -0.138. The third-order valence-corrected chi connectivity index (χ3v) is 2.59. The van der Waals surface area contributed by atoms with Gasteiger partial charge in [-0.2, -0.15) is 17.5 Å². The SMILES string of the molecule is CC(C)c1nsc(C(=O)O)c1C(F)(F)F. The molecule has 0 unspecified atom stereocenters. The summed E-state index contributed by atoms with van der Waals surface area (Å²) in [5.41, 5.74) is -1.32. The molecule has 0 fully saturated rings. The highest BCUT2D eigenvalue weighted by Gasteiger charge is 2.41. The lowest BCUT2D eigenvalue weighted by atomic mass is 10.0. The van der Waals surface area contributed by atoms with Gasteiger partial charge in [-0.05, 0) is 17.5 Å². The van der Waals surface area contributed by atoms with Crippen molar-refractivity contribution >= 4 is 17.5 Å². The Morgan fingerprint density at radius 2 is 2.00 bits per heavy atom. The van der Waals surface area contributed by atoms with Gasteiger partial charge in [0.25, 0.3) is 0 Å². The van der Waals surface area contributed by atoms with Crippen molar-refractivity contribution in [2.45, 2.75) is 25.9 Å². The molecule has 0 atom stereocenters. The molecule has 3 nitrogen and oxygen atoms in total. The Labute approximate surface area is 87.7 Å². The van der Waals surface area contributed by atoms with Crippen LogP contribution in [0.15, 0.2) is 0 Å². The first kappa shape index (κ1) is 12.0. The molecule has 1 aromatic rings. The molecule has 84 valence electrons. The zero-order chi connectivity index (χ0) is 11.8. The number of carboxylic acid groups (broad SMARTS) is 1. The second-order valence-electron chi connectivity index (χ2n) is 3.23. The van der Waals surface area contributed by atoms with Crippen molar-refractivity contribution in [2.24, 2.45) is 0 Å². The van der Waals surface area contributed by atoms with Gasteiger partial charge in [-0.25, -0.2) is 4.79 Å². The maximum absolute atomic E-state index is 12.6. The summed E-state index contributed by atoms with van der Waals surface area (Å²) in [6, 6.07) is 0. The topological polar surface area (TPSA) is 50.2 Å². The first-order chi connectivity index (χ1) is 6.75. The number of carbonyl (C=O) groups is 1. The van der Waals surface area contributed by atoms with E-state index in [1.807, 2.05) is 0 Å². The lowest BCUT2D eigenvalue weighted by Crippen LogP contribution is -2.13. The van der Waals surface area contributed by atoms with Crippen LogP contribution in [-0.4, -0.2) is 15.4 Å². The first-order valence-electron chi connectivity index (χ1n) is 4.05. The number of alkyl halides is 3. The number of aromatic nitrogens is 1. The Hall–Kier alpha value is -1.11. The molecule has 1 rings (SSSR count). The maximum atomic E-state index is 12.6. The van der Waals surface area contributed by atoms with Crippen molar-refractivity contribution in [3.05, 3.63) is 16.1 Å². The molecule has 0 aliphatic rings. The summed E-state index contributed by atoms with van der Waals surface area (Å²) in [5.74, 6) is -2.04. The third kappa shape index (κ3) is 2.28. The van der Waals surface area contributed by atoms with Gasteiger partial charge >= 0.3 is 12.1 Å². The first-order valence-corrected chi connectivity index (χ1v) is 4.82. The fraction of sp³-hybridized carbons (Fsp3) is 0.500. The summed E-state index contributed by atoms with van der Waals surface area (Å²) in [7, 11) is 0. The van der Waals surface area contributed by atoms with E-state index in [4.69, 9.17) is 5.11 Å². The number of aromatic carboxylic acids is 1. The van der Waals surface area contributed by atoms with Crippen LogP contribution in [0.5, 0.6) is 0 Å². The Morgan fingerprint density at radius 3 is 2.33 bits per heavy atom. The Balaban J connectivity index is 3.40. The van der Waals surface area contributed by atoms with E-state index in [-0.39, 0.29) is 5.69 Å². The molecule has 0 saturated heterocycles. The van der Waals surface area contributed by atoms with Gasteiger partial charge in [-0.15, -0.1) is 0 Å². The van der Waals surface area contributed by atoms with Gasteiger partial charge in [-0.1, -0.05) is 13.8 Å². The van der Waals surface area contributed by atoms with Crippen molar-refractivity contribution in [1.82, 2.24) is 4.37 Å². The lowest BCUT2D eigenvalue weighted by Gasteiger charge is -2.09. The van der Waals surface area contributed by atoms with Crippen LogP contribution in [0.1, 0.15) is 40.7 Å². The average molecular weight is 239 g/mol. The molecule has 0 amide bonds. The largest absolute Gasteiger partial charge is 0.477 e. The molecule has 0 aliphatic heterocycles. The van der Waals surface area contributed by atoms with Gasteiger partial charge in [0.1, 0.15) is 10.4 Å². The van der Waals surface area contributed by atoms with E-state index >= 15 is 0 Å². The van der Waals surface area contributed by atoms with Crippen LogP contribution in [0.4, 0.5) is 13.2 Å². The van der Waals surface area contributed by atoms with Gasteiger partial charge < -0.3 is 5.11 Å². The van der Waals surface area contributed by atoms with Crippen LogP contribution in [0.3, 0.4) is 0 Å². The van der Waals surface area contributed by atoms with E-state index < -0.39 is 28.5 Å². The van der Waals surface area contributed by atoms with Crippen LogP contribution in [-0.2, 0) is 6.18 Å². The molecule has 1 aromatic heterocycles. The van der Waals surface area contributed by atoms with Crippen molar-refractivity contribution in [3.63, 3.8) is 0 Å². The maximum Gasteiger partial charge on any atom is 0.419 e. The van der Waals surface area contributed by atoms with E-state index in [1.54, 1.807) is 0 Å². The molecule has 0 aromatic carbocycles. The normalized spacial score (nSPS) is 12.1. The van der Waals surface area contributed by atoms with Crippen molar-refractivity contribution < 1.29 is 23.1 Å². The van der Waals surface area contributed by atoms with Gasteiger partial charge in [-0.3, -0.25) is 0 Å². The van der Waals surface area contributed by atoms with E-state index in [2.05, 4.69) is 4.37 Å². The summed E-state index contributed by atoms with van der Waals surface area (Å²) in [6.45, 7) is 3.08. The molecule has 7 heteroatoms. The van der Waals surface area contributed by atoms with Crippen LogP contribution in [0.25, 0.3) is 0 Å². The number of nitrogens with zero attached hydrogens (tertiary/aromatic N) is 1. The molecule has 1 heterocycles. The van der Waals surface area contributed by atoms with Gasteiger partial charge in [0.05, 0.1) is 5.69 Å². The monoisotopic (exact) mass is 239 g/mol. The summed E-state index contributed by atoms with van der Waals surface area (Å²) in [6.07, 6.45) is -4.67. The minimum atomic E-state index is -4.67. The second kappa shape index (κ2) is 3.80. The number of halogens is 3. The predicted octanol–water partition coefficient (Wildman–Crippen LogP) is 2.98. The molecular weight excluding hydrogens is 231 g/mol. The molecule has 0 aliphatic carbocycles. The highest BCUT2D eigenvalue weighted by atomic mass is 32.1. The second-order valence-corrected chi connectivity index (χ2v) is 4.00. The number of hydrogen-bond acceptors (Lipinski definition) is 3. The molecule has 0 bridgehead atoms. The number of carboxylic acids is 1. The highest BCUT2D eigenvalue weighted by molar-refractivity contribution is 7.08. The van der Waals surface area contributed by atoms with Crippen LogP contribution < -0.4 is 0 Å². The standard InChI is InChI=1S/C8H8F3NO2S/c1-3(2)5-4(8(9,10)11)6(7(13)14)15-12-5/h3H,1-2H3,(H,13,14). The van der Waals surface area contributed by atoms with E-state index in [0.29, 0.717) is 11.5 Å². The smallest absolute Gasteiger partial charge is 0.419 e. The fourth-order valence-electron chi connectivity index (χ4n) is 1.12. The number of hydrogen-bond donors (Lipinski definition) is 1. The van der Waals surface area contributed by atoms with Crippen LogP contribution in [0, 0.1) is 0 Å². The fourth-order valence-corrected chi connectivity index (χ4v) is 2.00. The number of rotatable bonds is 2. The van der Waals surface area contributed by atoms with E-state index in [1.165, 1.54) is 13.8 Å². The zero-order valence-electron chi connectivity index (χ0n) is 7.92. The van der Waals surface area contributed by atoms with Crippen LogP contribution in [0.2, 0.25) is 0 Å². The Kier molecular flexibility index (Phi) is 3.03. The molecule has 1 N–H and O–H groups in total. The van der Waals surface area contributed by atoms with E-state index in [9.17, 15) is 18.0 Å². The van der Waals surface area contributed by atoms with Gasteiger partial charge in [0.15, 0.2) is 0 Å². The summed E-state index contributed by atoms with van der Waals surface area (Å²) in [5, 5.41) is 8.59. The minimum Gasteiger partial charge on any atom is -0.477 e. The summed E-state index contributed by atoms with van der Waals surface area (Å²) < 4.78 is 41.2. The van der Waals surface area contributed by atoms with Gasteiger partial charge in [0.2, 0.25) is 0 Å². The Morgan fingerprint density at radius 1 is 1.47 bits per heavy atom. The molecule has 15 heavy (non-hydrogen) atoms. The molecule has 0 radical (unpaired) electrons. The Bertz CT molecular complexity index is 384. The zero-order valence-corrected chi connectivity index (χ0v) is 8.74. The highest BCUT2D eigenvalue weighted by Crippen LogP contribution is 2.39. The van der Waals surface area contributed by atoms with Gasteiger partial charge in [0, 0.05) is 0 Å². The van der Waals surface area contributed by atoms with Crippen LogP contribution >= 0.6 is 11.5 Å². The summed E-state index contributed by atoms with van der Waals surface area (Å²) in [4.78, 5) is 9.83. The molecular formula is C8H8F3NO2S. The third-order valence-electron chi connectivity index (χ3n) is 1.74. The van der Waals surface area contributed by atoms with Crippen molar-refractivity contribution in [2.75, 3.05) is 0 Å². The average Bonchev–Trinajstić information content (AvgIpc) is 2.45. The van der Waals surface area contributed by atoms with E-state index in [0.717, 1.165) is 0 Å². The van der Waals surface area contributed by atoms with Crippen molar-refractivity contribution in [3.8, 4) is 0 Å². The molecule has 0 saturated carbocycles. The minimum absolute atomic E-state index is 0.204. The predicted molar refractivity (Wildman–Crippen MR) is 48.2 cm³/mol.